The van der Waals surface area contributed by atoms with E-state index in [0.717, 1.165) is 12.1 Å². The molecule has 5 heteroatoms. The van der Waals surface area contributed by atoms with Gasteiger partial charge >= 0.3 is 5.97 Å². The summed E-state index contributed by atoms with van der Waals surface area (Å²) in [6.45, 7) is 2.75. The largest absolute Gasteiger partial charge is 0.480 e. The van der Waals surface area contributed by atoms with Crippen molar-refractivity contribution in [2.75, 3.05) is 6.54 Å². The summed E-state index contributed by atoms with van der Waals surface area (Å²) in [6, 6.07) is 4.91. The van der Waals surface area contributed by atoms with E-state index >= 15 is 0 Å². The first-order valence-corrected chi connectivity index (χ1v) is 6.20. The topological polar surface area (TPSA) is 40.5 Å². The summed E-state index contributed by atoms with van der Waals surface area (Å²) >= 11 is 12.0. The molecule has 1 fully saturated rings. The maximum absolute atomic E-state index is 11.0. The van der Waals surface area contributed by atoms with Crippen LogP contribution in [0.1, 0.15) is 24.9 Å². The summed E-state index contributed by atoms with van der Waals surface area (Å²) in [7, 11) is 0. The van der Waals surface area contributed by atoms with E-state index in [0.29, 0.717) is 16.5 Å². The van der Waals surface area contributed by atoms with Crippen molar-refractivity contribution in [1.82, 2.24) is 4.90 Å². The molecule has 1 saturated heterocycles. The van der Waals surface area contributed by atoms with Gasteiger partial charge in [-0.1, -0.05) is 29.3 Å². The zero-order valence-corrected chi connectivity index (χ0v) is 10.9. The van der Waals surface area contributed by atoms with Crippen LogP contribution in [0.25, 0.3) is 0 Å². The van der Waals surface area contributed by atoms with Gasteiger partial charge in [-0.15, -0.1) is 0 Å². The first kappa shape index (κ1) is 12.7. The van der Waals surface area contributed by atoms with Gasteiger partial charge in [-0.05, 0) is 31.0 Å². The molecule has 2 atom stereocenters. The molecule has 1 aromatic rings. The van der Waals surface area contributed by atoms with E-state index in [2.05, 4.69) is 0 Å². The second-order valence-corrected chi connectivity index (χ2v) is 5.07. The van der Waals surface area contributed by atoms with Gasteiger partial charge in [0.25, 0.3) is 0 Å². The molecule has 0 aromatic heterocycles. The smallest absolute Gasteiger partial charge is 0.320 e. The van der Waals surface area contributed by atoms with Gasteiger partial charge in [-0.2, -0.15) is 0 Å². The molecule has 1 aliphatic heterocycles. The summed E-state index contributed by atoms with van der Waals surface area (Å²) < 4.78 is 0. The lowest BCUT2D eigenvalue weighted by atomic mass is 9.96. The summed E-state index contributed by atoms with van der Waals surface area (Å²) in [5.41, 5.74) is 0.919. The number of carboxylic acids is 1. The minimum atomic E-state index is -0.770. The number of hydrogen-bond donors (Lipinski definition) is 1. The third-order valence-electron chi connectivity index (χ3n) is 3.26. The van der Waals surface area contributed by atoms with Crippen molar-refractivity contribution in [2.45, 2.75) is 25.4 Å². The lowest BCUT2D eigenvalue weighted by Gasteiger charge is -2.42. The van der Waals surface area contributed by atoms with Gasteiger partial charge in [-0.3, -0.25) is 9.69 Å². The van der Waals surface area contributed by atoms with Crippen LogP contribution >= 0.6 is 23.2 Å². The Morgan fingerprint density at radius 1 is 1.53 bits per heavy atom. The Balaban J connectivity index is 2.20. The Morgan fingerprint density at radius 2 is 2.24 bits per heavy atom. The monoisotopic (exact) mass is 273 g/mol. The quantitative estimate of drug-likeness (QED) is 0.920. The standard InChI is InChI=1S/C12H13Cl2NO2/c1-7(15-5-4-11(15)12(16)17)9-3-2-8(13)6-10(9)14/h2-3,6-7,11H,4-5H2,1H3,(H,16,17). The summed E-state index contributed by atoms with van der Waals surface area (Å²) in [6.07, 6.45) is 0.699. The number of rotatable bonds is 3. The van der Waals surface area contributed by atoms with E-state index in [1.54, 1.807) is 12.1 Å². The van der Waals surface area contributed by atoms with Crippen molar-refractivity contribution in [3.63, 3.8) is 0 Å². The van der Waals surface area contributed by atoms with Crippen LogP contribution in [0.5, 0.6) is 0 Å². The van der Waals surface area contributed by atoms with Gasteiger partial charge in [0.05, 0.1) is 0 Å². The van der Waals surface area contributed by atoms with Gasteiger partial charge in [-0.25, -0.2) is 0 Å². The third kappa shape index (κ3) is 2.41. The average molecular weight is 274 g/mol. The molecule has 0 bridgehead atoms. The van der Waals surface area contributed by atoms with Crippen LogP contribution in [0.15, 0.2) is 18.2 Å². The second-order valence-electron chi connectivity index (χ2n) is 4.22. The third-order valence-corrected chi connectivity index (χ3v) is 3.82. The SMILES string of the molecule is CC(c1ccc(Cl)cc1Cl)N1CCC1C(=O)O. The Kier molecular flexibility index (Phi) is 3.61. The molecule has 0 saturated carbocycles. The van der Waals surface area contributed by atoms with Crippen molar-refractivity contribution in [3.8, 4) is 0 Å². The number of carbonyl (C=O) groups is 1. The van der Waals surface area contributed by atoms with Crippen LogP contribution in [0.3, 0.4) is 0 Å². The predicted molar refractivity (Wildman–Crippen MR) is 67.6 cm³/mol. The predicted octanol–water partition coefficient (Wildman–Crippen LogP) is 3.21. The van der Waals surface area contributed by atoms with Crippen LogP contribution in [-0.2, 0) is 4.79 Å². The zero-order valence-electron chi connectivity index (χ0n) is 9.36. The average Bonchev–Trinajstić information content (AvgIpc) is 2.14. The van der Waals surface area contributed by atoms with Crippen molar-refractivity contribution in [2.24, 2.45) is 0 Å². The number of carboxylic acid groups (broad SMARTS) is 1. The molecule has 0 aliphatic carbocycles. The Hall–Kier alpha value is -0.770. The molecule has 92 valence electrons. The van der Waals surface area contributed by atoms with Crippen molar-refractivity contribution < 1.29 is 9.90 Å². The highest BCUT2D eigenvalue weighted by Crippen LogP contribution is 2.34. The minimum Gasteiger partial charge on any atom is -0.480 e. The van der Waals surface area contributed by atoms with Crippen LogP contribution in [0, 0.1) is 0 Å². The highest BCUT2D eigenvalue weighted by molar-refractivity contribution is 6.35. The van der Waals surface area contributed by atoms with Crippen LogP contribution in [0.2, 0.25) is 10.0 Å². The Labute approximate surface area is 110 Å². The number of benzene rings is 1. The molecule has 3 nitrogen and oxygen atoms in total. The summed E-state index contributed by atoms with van der Waals surface area (Å²) in [4.78, 5) is 12.9. The molecule has 0 amide bonds. The molecular weight excluding hydrogens is 261 g/mol. The number of hydrogen-bond acceptors (Lipinski definition) is 2. The molecule has 17 heavy (non-hydrogen) atoms. The fourth-order valence-electron chi connectivity index (χ4n) is 2.16. The molecule has 2 rings (SSSR count). The van der Waals surface area contributed by atoms with Gasteiger partial charge in [0.1, 0.15) is 6.04 Å². The first-order chi connectivity index (χ1) is 8.00. The van der Waals surface area contributed by atoms with Gasteiger partial charge < -0.3 is 5.11 Å². The highest BCUT2D eigenvalue weighted by Gasteiger charge is 2.37. The van der Waals surface area contributed by atoms with Crippen LogP contribution < -0.4 is 0 Å². The van der Waals surface area contributed by atoms with E-state index in [-0.39, 0.29) is 6.04 Å². The second kappa shape index (κ2) is 4.84. The van der Waals surface area contributed by atoms with Crippen molar-refractivity contribution in [1.29, 1.82) is 0 Å². The zero-order chi connectivity index (χ0) is 12.6. The molecular formula is C12H13Cl2NO2. The molecule has 1 N–H and O–H groups in total. The minimum absolute atomic E-state index is 0.00498. The summed E-state index contributed by atoms with van der Waals surface area (Å²) in [5.74, 6) is -0.770. The van der Waals surface area contributed by atoms with Crippen molar-refractivity contribution >= 4 is 29.2 Å². The highest BCUT2D eigenvalue weighted by atomic mass is 35.5. The number of likely N-dealkylation sites (tertiary alicyclic amines) is 1. The van der Waals surface area contributed by atoms with E-state index < -0.39 is 12.0 Å². The summed E-state index contributed by atoms with van der Waals surface area (Å²) in [5, 5.41) is 10.2. The number of halogens is 2. The fourth-order valence-corrected chi connectivity index (χ4v) is 2.72. The van der Waals surface area contributed by atoms with Gasteiger partial charge in [0.2, 0.25) is 0 Å². The number of nitrogens with zero attached hydrogens (tertiary/aromatic N) is 1. The van der Waals surface area contributed by atoms with Crippen LogP contribution in [0.4, 0.5) is 0 Å². The van der Waals surface area contributed by atoms with Crippen LogP contribution in [-0.4, -0.2) is 28.6 Å². The Bertz CT molecular complexity index is 450. The fraction of sp³-hybridized carbons (Fsp3) is 0.417. The molecule has 0 spiro atoms. The first-order valence-electron chi connectivity index (χ1n) is 5.44. The van der Waals surface area contributed by atoms with Gasteiger partial charge in [0, 0.05) is 22.6 Å². The normalized spacial score (nSPS) is 21.9. The van der Waals surface area contributed by atoms with E-state index in [9.17, 15) is 4.79 Å². The van der Waals surface area contributed by atoms with Crippen molar-refractivity contribution in [3.05, 3.63) is 33.8 Å². The van der Waals surface area contributed by atoms with E-state index in [1.807, 2.05) is 17.9 Å². The lowest BCUT2D eigenvalue weighted by Crippen LogP contribution is -2.53. The lowest BCUT2D eigenvalue weighted by molar-refractivity contribution is -0.150. The molecule has 0 radical (unpaired) electrons. The van der Waals surface area contributed by atoms with E-state index in [1.165, 1.54) is 0 Å². The maximum atomic E-state index is 11.0. The molecule has 1 aliphatic rings. The Morgan fingerprint density at radius 3 is 2.71 bits per heavy atom. The number of aliphatic carboxylic acids is 1. The van der Waals surface area contributed by atoms with E-state index in [4.69, 9.17) is 28.3 Å². The molecule has 2 unspecified atom stereocenters. The maximum Gasteiger partial charge on any atom is 0.320 e. The molecule has 1 aromatic carbocycles. The molecule has 1 heterocycles. The van der Waals surface area contributed by atoms with Gasteiger partial charge in [0.15, 0.2) is 0 Å².